The second kappa shape index (κ2) is 4.99. The van der Waals surface area contributed by atoms with Gasteiger partial charge in [-0.15, -0.1) is 0 Å². The van der Waals surface area contributed by atoms with Crippen LogP contribution < -0.4 is 5.32 Å². The van der Waals surface area contributed by atoms with Gasteiger partial charge in [-0.25, -0.2) is 0 Å². The van der Waals surface area contributed by atoms with E-state index in [0.717, 1.165) is 24.5 Å². The molecular weight excluding hydrogens is 254 g/mol. The maximum atomic E-state index is 5.99. The van der Waals surface area contributed by atoms with E-state index in [-0.39, 0.29) is 5.41 Å². The van der Waals surface area contributed by atoms with Crippen LogP contribution in [0.25, 0.3) is 0 Å². The standard InChI is InChI=1S/C17H18ClN/c1-13-4-2-3-5-14(13)10-17(11-19-12-17)15-6-8-16(18)9-7-15/h2-9,19H,10-12H2,1H3. The summed E-state index contributed by atoms with van der Waals surface area (Å²) in [6, 6.07) is 17.0. The van der Waals surface area contributed by atoms with Crippen LogP contribution in [-0.4, -0.2) is 13.1 Å². The molecular formula is C17H18ClN. The minimum absolute atomic E-state index is 0.233. The van der Waals surface area contributed by atoms with Gasteiger partial charge in [0.15, 0.2) is 0 Å². The first-order chi connectivity index (χ1) is 9.20. The lowest BCUT2D eigenvalue weighted by Gasteiger charge is -2.44. The maximum absolute atomic E-state index is 5.99. The van der Waals surface area contributed by atoms with Gasteiger partial charge in [0.05, 0.1) is 0 Å². The molecule has 1 saturated heterocycles. The monoisotopic (exact) mass is 271 g/mol. The smallest absolute Gasteiger partial charge is 0.0406 e. The second-order valence-corrected chi connectivity index (χ2v) is 5.93. The Kier molecular flexibility index (Phi) is 3.34. The van der Waals surface area contributed by atoms with Crippen LogP contribution in [-0.2, 0) is 11.8 Å². The number of benzene rings is 2. The molecule has 1 N–H and O–H groups in total. The fourth-order valence-corrected chi connectivity index (χ4v) is 2.96. The van der Waals surface area contributed by atoms with Gasteiger partial charge in [0, 0.05) is 23.5 Å². The zero-order valence-electron chi connectivity index (χ0n) is 11.1. The molecule has 98 valence electrons. The number of hydrogen-bond acceptors (Lipinski definition) is 1. The molecule has 0 saturated carbocycles. The molecule has 0 bridgehead atoms. The van der Waals surface area contributed by atoms with Crippen LogP contribution in [0, 0.1) is 6.92 Å². The summed E-state index contributed by atoms with van der Waals surface area (Å²) in [6.07, 6.45) is 1.09. The molecule has 0 atom stereocenters. The van der Waals surface area contributed by atoms with Crippen molar-refractivity contribution >= 4 is 11.6 Å². The fraction of sp³-hybridized carbons (Fsp3) is 0.294. The topological polar surface area (TPSA) is 12.0 Å². The molecule has 1 aliphatic rings. The molecule has 0 amide bonds. The van der Waals surface area contributed by atoms with Crippen LogP contribution in [0.5, 0.6) is 0 Å². The molecule has 1 nitrogen and oxygen atoms in total. The number of aryl methyl sites for hydroxylation is 1. The highest BCUT2D eigenvalue weighted by molar-refractivity contribution is 6.30. The lowest BCUT2D eigenvalue weighted by atomic mass is 9.70. The molecule has 0 aromatic heterocycles. The van der Waals surface area contributed by atoms with Gasteiger partial charge < -0.3 is 5.32 Å². The van der Waals surface area contributed by atoms with E-state index in [1.165, 1.54) is 16.7 Å². The molecule has 1 heterocycles. The van der Waals surface area contributed by atoms with Crippen molar-refractivity contribution in [1.29, 1.82) is 0 Å². The van der Waals surface area contributed by atoms with Crippen molar-refractivity contribution in [2.75, 3.05) is 13.1 Å². The van der Waals surface area contributed by atoms with E-state index in [4.69, 9.17) is 11.6 Å². The van der Waals surface area contributed by atoms with Gasteiger partial charge in [-0.2, -0.15) is 0 Å². The van der Waals surface area contributed by atoms with Gasteiger partial charge in [-0.3, -0.25) is 0 Å². The fourth-order valence-electron chi connectivity index (χ4n) is 2.83. The van der Waals surface area contributed by atoms with E-state index in [1.807, 2.05) is 12.1 Å². The summed E-state index contributed by atoms with van der Waals surface area (Å²) in [5.41, 5.74) is 4.44. The van der Waals surface area contributed by atoms with Crippen LogP contribution >= 0.6 is 11.6 Å². The Morgan fingerprint density at radius 1 is 1.05 bits per heavy atom. The third-order valence-electron chi connectivity index (χ3n) is 4.17. The summed E-state index contributed by atoms with van der Waals surface area (Å²) in [4.78, 5) is 0. The van der Waals surface area contributed by atoms with Gasteiger partial charge in [0.25, 0.3) is 0 Å². The summed E-state index contributed by atoms with van der Waals surface area (Å²) in [7, 11) is 0. The number of hydrogen-bond donors (Lipinski definition) is 1. The Morgan fingerprint density at radius 2 is 1.74 bits per heavy atom. The first-order valence-electron chi connectivity index (χ1n) is 6.71. The van der Waals surface area contributed by atoms with Crippen molar-refractivity contribution in [2.24, 2.45) is 0 Å². The maximum Gasteiger partial charge on any atom is 0.0406 e. The van der Waals surface area contributed by atoms with Crippen molar-refractivity contribution in [1.82, 2.24) is 5.32 Å². The minimum Gasteiger partial charge on any atom is -0.315 e. The Morgan fingerprint density at radius 3 is 2.32 bits per heavy atom. The summed E-state index contributed by atoms with van der Waals surface area (Å²) < 4.78 is 0. The van der Waals surface area contributed by atoms with Crippen molar-refractivity contribution < 1.29 is 0 Å². The van der Waals surface area contributed by atoms with E-state index in [2.05, 4.69) is 48.6 Å². The summed E-state index contributed by atoms with van der Waals surface area (Å²) in [5, 5.41) is 4.23. The molecule has 2 aromatic rings. The van der Waals surface area contributed by atoms with E-state index >= 15 is 0 Å². The van der Waals surface area contributed by atoms with Crippen molar-refractivity contribution in [3.8, 4) is 0 Å². The highest BCUT2D eigenvalue weighted by atomic mass is 35.5. The first-order valence-corrected chi connectivity index (χ1v) is 7.09. The van der Waals surface area contributed by atoms with Gasteiger partial charge in [0.1, 0.15) is 0 Å². The van der Waals surface area contributed by atoms with E-state index in [0.29, 0.717) is 0 Å². The zero-order valence-corrected chi connectivity index (χ0v) is 11.9. The highest BCUT2D eigenvalue weighted by Gasteiger charge is 2.38. The van der Waals surface area contributed by atoms with Gasteiger partial charge in [0.2, 0.25) is 0 Å². The molecule has 0 unspecified atom stereocenters. The molecule has 1 fully saturated rings. The third-order valence-corrected chi connectivity index (χ3v) is 4.43. The number of halogens is 1. The molecule has 3 rings (SSSR count). The van der Waals surface area contributed by atoms with E-state index < -0.39 is 0 Å². The predicted octanol–water partition coefficient (Wildman–Crippen LogP) is 3.73. The summed E-state index contributed by atoms with van der Waals surface area (Å²) >= 11 is 5.99. The summed E-state index contributed by atoms with van der Waals surface area (Å²) in [6.45, 7) is 4.28. The molecule has 0 spiro atoms. The molecule has 2 heteroatoms. The average Bonchev–Trinajstić information content (AvgIpc) is 2.37. The lowest BCUT2D eigenvalue weighted by Crippen LogP contribution is -2.58. The molecule has 2 aromatic carbocycles. The Hall–Kier alpha value is -1.31. The van der Waals surface area contributed by atoms with E-state index in [9.17, 15) is 0 Å². The number of nitrogens with one attached hydrogen (secondary N) is 1. The quantitative estimate of drug-likeness (QED) is 0.897. The van der Waals surface area contributed by atoms with Crippen molar-refractivity contribution in [3.05, 3.63) is 70.2 Å². The van der Waals surface area contributed by atoms with E-state index in [1.54, 1.807) is 0 Å². The molecule has 0 aliphatic carbocycles. The largest absolute Gasteiger partial charge is 0.315 e. The van der Waals surface area contributed by atoms with Gasteiger partial charge in [-0.1, -0.05) is 48.0 Å². The lowest BCUT2D eigenvalue weighted by molar-refractivity contribution is 0.274. The Labute approximate surface area is 119 Å². The van der Waals surface area contributed by atoms with Crippen LogP contribution in [0.3, 0.4) is 0 Å². The Balaban J connectivity index is 1.92. The molecule has 19 heavy (non-hydrogen) atoms. The predicted molar refractivity (Wildman–Crippen MR) is 80.9 cm³/mol. The normalized spacial score (nSPS) is 16.9. The highest BCUT2D eigenvalue weighted by Crippen LogP contribution is 2.33. The average molecular weight is 272 g/mol. The zero-order chi connectivity index (χ0) is 13.3. The molecule has 0 radical (unpaired) electrons. The second-order valence-electron chi connectivity index (χ2n) is 5.49. The molecule has 1 aliphatic heterocycles. The van der Waals surface area contributed by atoms with Crippen LogP contribution in [0.2, 0.25) is 5.02 Å². The summed E-state index contributed by atoms with van der Waals surface area (Å²) in [5.74, 6) is 0. The van der Waals surface area contributed by atoms with Crippen LogP contribution in [0.15, 0.2) is 48.5 Å². The number of rotatable bonds is 3. The van der Waals surface area contributed by atoms with Crippen LogP contribution in [0.1, 0.15) is 16.7 Å². The van der Waals surface area contributed by atoms with Crippen LogP contribution in [0.4, 0.5) is 0 Å². The van der Waals surface area contributed by atoms with Gasteiger partial charge in [-0.05, 0) is 42.2 Å². The Bertz CT molecular complexity index is 570. The minimum atomic E-state index is 0.233. The van der Waals surface area contributed by atoms with Crippen molar-refractivity contribution in [3.63, 3.8) is 0 Å². The SMILES string of the molecule is Cc1ccccc1CC1(c2ccc(Cl)cc2)CNC1. The van der Waals surface area contributed by atoms with Gasteiger partial charge >= 0.3 is 0 Å². The van der Waals surface area contributed by atoms with Crippen molar-refractivity contribution in [2.45, 2.75) is 18.8 Å². The third kappa shape index (κ3) is 2.41. The first kappa shape index (κ1) is 12.7.